The fourth-order valence-electron chi connectivity index (χ4n) is 2.95. The molecule has 3 aromatic rings. The van der Waals surface area contributed by atoms with Crippen LogP contribution in [-0.2, 0) is 16.6 Å². The van der Waals surface area contributed by atoms with E-state index in [0.717, 1.165) is 18.2 Å². The van der Waals surface area contributed by atoms with Crippen LogP contribution in [0, 0.1) is 17.0 Å². The van der Waals surface area contributed by atoms with Gasteiger partial charge in [-0.2, -0.15) is 0 Å². The molecule has 3 rings (SSSR count). The molecule has 0 aliphatic carbocycles. The molecule has 160 valence electrons. The third-order valence-electron chi connectivity index (χ3n) is 4.62. The van der Waals surface area contributed by atoms with E-state index in [1.165, 1.54) is 4.68 Å². The molecule has 1 aromatic heterocycles. The van der Waals surface area contributed by atoms with Crippen LogP contribution in [0.3, 0.4) is 0 Å². The lowest BCUT2D eigenvalue weighted by atomic mass is 10.1. The van der Waals surface area contributed by atoms with Gasteiger partial charge >= 0.3 is 5.97 Å². The number of nitro benzene ring substituents is 1. The highest BCUT2D eigenvalue weighted by atomic mass is 16.6. The lowest BCUT2D eigenvalue weighted by Gasteiger charge is -2.07. The smallest absolute Gasteiger partial charge is 0.340 e. The topological polar surface area (TPSA) is 151 Å². The van der Waals surface area contributed by atoms with Crippen molar-refractivity contribution >= 4 is 28.9 Å². The van der Waals surface area contributed by atoms with Crippen molar-refractivity contribution in [3.63, 3.8) is 0 Å². The van der Waals surface area contributed by atoms with E-state index in [-0.39, 0.29) is 22.6 Å². The highest BCUT2D eigenvalue weighted by molar-refractivity contribution is 5.98. The highest BCUT2D eigenvalue weighted by Gasteiger charge is 2.20. The Morgan fingerprint density at radius 1 is 1.19 bits per heavy atom. The second-order valence-electron chi connectivity index (χ2n) is 6.59. The SMILES string of the molecule is Cc1c(NC(=O)COC(=O)c2ccc([N+](=O)[O-])cc2N)c(=O)n(-c2ccccc2)n1C. The molecule has 0 atom stereocenters. The van der Waals surface area contributed by atoms with Crippen molar-refractivity contribution < 1.29 is 19.2 Å². The van der Waals surface area contributed by atoms with Gasteiger partial charge < -0.3 is 15.8 Å². The lowest BCUT2D eigenvalue weighted by Crippen LogP contribution is -2.26. The van der Waals surface area contributed by atoms with E-state index < -0.39 is 29.0 Å². The van der Waals surface area contributed by atoms with Crippen molar-refractivity contribution in [2.75, 3.05) is 17.7 Å². The minimum atomic E-state index is -0.922. The Hall–Kier alpha value is -4.41. The first kappa shape index (κ1) is 21.3. The summed E-state index contributed by atoms with van der Waals surface area (Å²) in [6.45, 7) is 0.994. The van der Waals surface area contributed by atoms with Gasteiger partial charge in [0.15, 0.2) is 6.61 Å². The maximum Gasteiger partial charge on any atom is 0.340 e. The monoisotopic (exact) mass is 425 g/mol. The fourth-order valence-corrected chi connectivity index (χ4v) is 2.95. The van der Waals surface area contributed by atoms with Gasteiger partial charge in [-0.05, 0) is 25.1 Å². The summed E-state index contributed by atoms with van der Waals surface area (Å²) >= 11 is 0. The molecular weight excluding hydrogens is 406 g/mol. The minimum absolute atomic E-state index is 0.0576. The number of hydrogen-bond acceptors (Lipinski definition) is 7. The number of amides is 1. The Morgan fingerprint density at radius 2 is 1.87 bits per heavy atom. The standard InChI is InChI=1S/C20H19N5O6/c1-12-18(19(27)24(23(12)2)13-6-4-3-5-7-13)22-17(26)11-31-20(28)15-9-8-14(25(29)30)10-16(15)21/h3-10H,11,21H2,1-2H3,(H,22,26). The maximum absolute atomic E-state index is 12.8. The fraction of sp³-hybridized carbons (Fsp3) is 0.150. The third kappa shape index (κ3) is 4.29. The van der Waals surface area contributed by atoms with Gasteiger partial charge in [0.25, 0.3) is 17.2 Å². The Kier molecular flexibility index (Phi) is 5.86. The van der Waals surface area contributed by atoms with E-state index >= 15 is 0 Å². The first-order valence-corrected chi connectivity index (χ1v) is 9.05. The first-order chi connectivity index (χ1) is 14.7. The Bertz CT molecular complexity index is 1230. The number of carbonyl (C=O) groups is 2. The minimum Gasteiger partial charge on any atom is -0.452 e. The van der Waals surface area contributed by atoms with E-state index in [0.29, 0.717) is 11.4 Å². The van der Waals surface area contributed by atoms with E-state index in [9.17, 15) is 24.5 Å². The molecule has 0 bridgehead atoms. The number of benzene rings is 2. The number of non-ortho nitro benzene ring substituents is 1. The van der Waals surface area contributed by atoms with Crippen molar-refractivity contribution in [2.24, 2.45) is 7.05 Å². The van der Waals surface area contributed by atoms with Crippen LogP contribution >= 0.6 is 0 Å². The van der Waals surface area contributed by atoms with Crippen molar-refractivity contribution in [3.8, 4) is 5.69 Å². The normalized spacial score (nSPS) is 10.5. The van der Waals surface area contributed by atoms with Crippen LogP contribution in [0.2, 0.25) is 0 Å². The molecule has 0 saturated carbocycles. The molecule has 1 amide bonds. The number of para-hydroxylation sites is 1. The van der Waals surface area contributed by atoms with Crippen LogP contribution < -0.4 is 16.6 Å². The highest BCUT2D eigenvalue weighted by Crippen LogP contribution is 2.20. The van der Waals surface area contributed by atoms with Gasteiger partial charge in [0.2, 0.25) is 0 Å². The molecule has 11 heteroatoms. The van der Waals surface area contributed by atoms with Crippen LogP contribution in [0.5, 0.6) is 0 Å². The predicted octanol–water partition coefficient (Wildman–Crippen LogP) is 1.77. The van der Waals surface area contributed by atoms with E-state index in [2.05, 4.69) is 5.32 Å². The number of nitrogens with one attached hydrogen (secondary N) is 1. The molecule has 3 N–H and O–H groups in total. The van der Waals surface area contributed by atoms with Crippen molar-refractivity contribution in [2.45, 2.75) is 6.92 Å². The van der Waals surface area contributed by atoms with Gasteiger partial charge in [0.05, 0.1) is 27.6 Å². The molecule has 0 radical (unpaired) electrons. The summed E-state index contributed by atoms with van der Waals surface area (Å²) in [6.07, 6.45) is 0. The molecular formula is C20H19N5O6. The first-order valence-electron chi connectivity index (χ1n) is 9.05. The van der Waals surface area contributed by atoms with Gasteiger partial charge in [0, 0.05) is 19.2 Å². The summed E-state index contributed by atoms with van der Waals surface area (Å²) in [5.41, 5.74) is 5.87. The number of nitrogens with two attached hydrogens (primary N) is 1. The van der Waals surface area contributed by atoms with Crippen molar-refractivity contribution in [3.05, 3.63) is 80.3 Å². The molecule has 0 aliphatic rings. The number of carbonyl (C=O) groups excluding carboxylic acids is 2. The molecule has 0 unspecified atom stereocenters. The number of aromatic nitrogens is 2. The van der Waals surface area contributed by atoms with Crippen LogP contribution in [-0.4, -0.2) is 32.8 Å². The summed E-state index contributed by atoms with van der Waals surface area (Å²) < 4.78 is 7.92. The largest absolute Gasteiger partial charge is 0.452 e. The van der Waals surface area contributed by atoms with Crippen LogP contribution in [0.1, 0.15) is 16.1 Å². The molecule has 11 nitrogen and oxygen atoms in total. The number of ether oxygens (including phenoxy) is 1. The summed E-state index contributed by atoms with van der Waals surface area (Å²) in [7, 11) is 1.68. The predicted molar refractivity (Wildman–Crippen MR) is 112 cm³/mol. The Balaban J connectivity index is 1.71. The second-order valence-corrected chi connectivity index (χ2v) is 6.59. The number of esters is 1. The molecule has 1 heterocycles. The average molecular weight is 425 g/mol. The summed E-state index contributed by atoms with van der Waals surface area (Å²) in [4.78, 5) is 47.3. The maximum atomic E-state index is 12.8. The van der Waals surface area contributed by atoms with Crippen LogP contribution in [0.15, 0.2) is 53.3 Å². The Morgan fingerprint density at radius 3 is 2.48 bits per heavy atom. The van der Waals surface area contributed by atoms with Gasteiger partial charge in [0.1, 0.15) is 5.69 Å². The second kappa shape index (κ2) is 8.53. The quantitative estimate of drug-likeness (QED) is 0.264. The number of anilines is 2. The van der Waals surface area contributed by atoms with Gasteiger partial charge in [-0.1, -0.05) is 18.2 Å². The molecule has 2 aromatic carbocycles. The van der Waals surface area contributed by atoms with Crippen molar-refractivity contribution in [1.82, 2.24) is 9.36 Å². The van der Waals surface area contributed by atoms with E-state index in [4.69, 9.17) is 10.5 Å². The summed E-state index contributed by atoms with van der Waals surface area (Å²) in [5.74, 6) is -1.64. The summed E-state index contributed by atoms with van der Waals surface area (Å²) in [5, 5.41) is 13.2. The third-order valence-corrected chi connectivity index (χ3v) is 4.62. The van der Waals surface area contributed by atoms with Gasteiger partial charge in [-0.3, -0.25) is 24.4 Å². The van der Waals surface area contributed by atoms with Gasteiger partial charge in [-0.15, -0.1) is 0 Å². The van der Waals surface area contributed by atoms with E-state index in [1.807, 2.05) is 6.07 Å². The van der Waals surface area contributed by atoms with E-state index in [1.54, 1.807) is 42.9 Å². The number of hydrogen-bond donors (Lipinski definition) is 2. The van der Waals surface area contributed by atoms with Crippen molar-refractivity contribution in [1.29, 1.82) is 0 Å². The Labute approximate surface area is 175 Å². The molecule has 0 fully saturated rings. The zero-order chi connectivity index (χ0) is 22.7. The number of nitrogen functional groups attached to an aromatic ring is 1. The van der Waals surface area contributed by atoms with Gasteiger partial charge in [-0.25, -0.2) is 9.48 Å². The molecule has 0 spiro atoms. The van der Waals surface area contributed by atoms with Crippen LogP contribution in [0.25, 0.3) is 5.69 Å². The zero-order valence-corrected chi connectivity index (χ0v) is 16.7. The molecule has 31 heavy (non-hydrogen) atoms. The molecule has 0 aliphatic heterocycles. The molecule has 0 saturated heterocycles. The number of nitrogens with zero attached hydrogens (tertiary/aromatic N) is 3. The summed E-state index contributed by atoms with van der Waals surface area (Å²) in [6, 6.07) is 12.2. The zero-order valence-electron chi connectivity index (χ0n) is 16.7. The number of nitro groups is 1. The van der Waals surface area contributed by atoms with Crippen LogP contribution in [0.4, 0.5) is 17.1 Å². The lowest BCUT2D eigenvalue weighted by molar-refractivity contribution is -0.384. The average Bonchev–Trinajstić information content (AvgIpc) is 2.95. The number of rotatable bonds is 6.